The Labute approximate surface area is 127 Å². The van der Waals surface area contributed by atoms with Gasteiger partial charge in [-0.3, -0.25) is 10.1 Å². The summed E-state index contributed by atoms with van der Waals surface area (Å²) in [6.07, 6.45) is -0.111. The largest absolute Gasteiger partial charge is 0.477 e. The molecule has 0 aromatic heterocycles. The molecule has 0 radical (unpaired) electrons. The van der Waals surface area contributed by atoms with Crippen LogP contribution in [0, 0.1) is 0 Å². The minimum Gasteiger partial charge on any atom is -0.477 e. The predicted molar refractivity (Wildman–Crippen MR) is 76.7 cm³/mol. The molecule has 1 amide bonds. The molecule has 0 atom stereocenters. The van der Waals surface area contributed by atoms with Crippen LogP contribution in [0.2, 0.25) is 0 Å². The minimum atomic E-state index is -1.37. The van der Waals surface area contributed by atoms with E-state index in [0.29, 0.717) is 0 Å². The maximum Gasteiger partial charge on any atom is 0.412 e. The van der Waals surface area contributed by atoms with E-state index < -0.39 is 23.7 Å². The first-order valence-corrected chi connectivity index (χ1v) is 6.59. The van der Waals surface area contributed by atoms with Crippen molar-refractivity contribution in [2.75, 3.05) is 6.61 Å². The Balaban J connectivity index is 2.52. The lowest BCUT2D eigenvalue weighted by atomic mass is 10.2. The molecule has 0 bridgehead atoms. The minimum absolute atomic E-state index is 0.0114. The first kappa shape index (κ1) is 17.2. The molecule has 118 valence electrons. The highest BCUT2D eigenvalue weighted by atomic mass is 16.5. The third kappa shape index (κ3) is 6.56. The third-order valence-corrected chi connectivity index (χ3v) is 2.46. The summed E-state index contributed by atoms with van der Waals surface area (Å²) >= 11 is 0. The number of amides is 1. The van der Waals surface area contributed by atoms with Crippen LogP contribution in [0.3, 0.4) is 0 Å². The van der Waals surface area contributed by atoms with Gasteiger partial charge in [0.15, 0.2) is 0 Å². The van der Waals surface area contributed by atoms with Gasteiger partial charge >= 0.3 is 18.0 Å². The summed E-state index contributed by atoms with van der Waals surface area (Å²) in [5.41, 5.74) is 0.330. The summed E-state index contributed by atoms with van der Waals surface area (Å²) in [7, 11) is 0. The van der Waals surface area contributed by atoms with Crippen molar-refractivity contribution in [3.8, 4) is 0 Å². The molecule has 0 unspecified atom stereocenters. The maximum absolute atomic E-state index is 11.5. The summed E-state index contributed by atoms with van der Waals surface area (Å²) in [5, 5.41) is 11.0. The second-order valence-corrected chi connectivity index (χ2v) is 4.12. The van der Waals surface area contributed by atoms with Crippen molar-refractivity contribution >= 4 is 18.0 Å². The van der Waals surface area contributed by atoms with Crippen LogP contribution in [0.5, 0.6) is 0 Å². The van der Waals surface area contributed by atoms with Gasteiger partial charge in [-0.15, -0.1) is 0 Å². The van der Waals surface area contributed by atoms with E-state index in [9.17, 15) is 14.4 Å². The van der Waals surface area contributed by atoms with Gasteiger partial charge in [0.05, 0.1) is 13.0 Å². The number of carboxylic acids is 1. The van der Waals surface area contributed by atoms with Crippen molar-refractivity contribution in [3.63, 3.8) is 0 Å². The molecular weight excluding hydrogens is 290 g/mol. The molecule has 0 saturated heterocycles. The van der Waals surface area contributed by atoms with Crippen molar-refractivity contribution in [3.05, 3.63) is 47.7 Å². The number of hydrogen-bond acceptors (Lipinski definition) is 5. The number of esters is 1. The number of aliphatic carboxylic acids is 1. The molecule has 0 saturated carbocycles. The van der Waals surface area contributed by atoms with Crippen molar-refractivity contribution in [1.82, 2.24) is 5.32 Å². The number of nitrogens with one attached hydrogen (secondary N) is 1. The SMILES string of the molecule is CCOC(=O)C/C=C(/NC(=O)OCc1ccccc1)C(=O)O. The van der Waals surface area contributed by atoms with E-state index in [1.54, 1.807) is 31.2 Å². The van der Waals surface area contributed by atoms with E-state index in [2.05, 4.69) is 10.1 Å². The lowest BCUT2D eigenvalue weighted by molar-refractivity contribution is -0.142. The number of carbonyl (C=O) groups excluding carboxylic acids is 2. The van der Waals surface area contributed by atoms with Crippen LogP contribution in [-0.4, -0.2) is 29.7 Å². The molecule has 1 aromatic carbocycles. The molecule has 0 aliphatic carbocycles. The molecule has 1 aromatic rings. The van der Waals surface area contributed by atoms with E-state index in [1.165, 1.54) is 0 Å². The van der Waals surface area contributed by atoms with Gasteiger partial charge in [0.1, 0.15) is 12.3 Å². The highest BCUT2D eigenvalue weighted by Crippen LogP contribution is 2.02. The number of hydrogen-bond donors (Lipinski definition) is 2. The van der Waals surface area contributed by atoms with Crippen LogP contribution in [0.25, 0.3) is 0 Å². The zero-order valence-corrected chi connectivity index (χ0v) is 12.1. The zero-order valence-electron chi connectivity index (χ0n) is 12.1. The summed E-state index contributed by atoms with van der Waals surface area (Å²) in [5.74, 6) is -1.96. The Kier molecular flexibility index (Phi) is 7.18. The number of carboxylic acid groups (broad SMARTS) is 1. The smallest absolute Gasteiger partial charge is 0.412 e. The Morgan fingerprint density at radius 2 is 1.86 bits per heavy atom. The van der Waals surface area contributed by atoms with E-state index in [-0.39, 0.29) is 19.6 Å². The second-order valence-electron chi connectivity index (χ2n) is 4.12. The average molecular weight is 307 g/mol. The monoisotopic (exact) mass is 307 g/mol. The lowest BCUT2D eigenvalue weighted by Gasteiger charge is -2.07. The third-order valence-electron chi connectivity index (χ3n) is 2.46. The van der Waals surface area contributed by atoms with Crippen LogP contribution in [0.15, 0.2) is 42.1 Å². The molecule has 0 fully saturated rings. The van der Waals surface area contributed by atoms with Gasteiger partial charge in [-0.2, -0.15) is 0 Å². The lowest BCUT2D eigenvalue weighted by Crippen LogP contribution is -2.28. The van der Waals surface area contributed by atoms with Gasteiger partial charge in [0.25, 0.3) is 0 Å². The Morgan fingerprint density at radius 3 is 2.45 bits per heavy atom. The Hall–Kier alpha value is -2.83. The topological polar surface area (TPSA) is 102 Å². The van der Waals surface area contributed by atoms with Crippen LogP contribution in [0.1, 0.15) is 18.9 Å². The van der Waals surface area contributed by atoms with Crippen molar-refractivity contribution in [2.24, 2.45) is 0 Å². The van der Waals surface area contributed by atoms with Gasteiger partial charge in [-0.05, 0) is 18.6 Å². The average Bonchev–Trinajstić information content (AvgIpc) is 2.50. The molecular formula is C15H17NO6. The fourth-order valence-corrected chi connectivity index (χ4v) is 1.47. The summed E-state index contributed by atoms with van der Waals surface area (Å²) < 4.78 is 9.55. The van der Waals surface area contributed by atoms with Gasteiger partial charge < -0.3 is 14.6 Å². The molecule has 7 nitrogen and oxygen atoms in total. The molecule has 0 heterocycles. The predicted octanol–water partition coefficient (Wildman–Crippen LogP) is 1.83. The van der Waals surface area contributed by atoms with Crippen LogP contribution in [-0.2, 0) is 25.7 Å². The number of rotatable bonds is 7. The Bertz CT molecular complexity index is 552. The van der Waals surface area contributed by atoms with Crippen molar-refractivity contribution in [1.29, 1.82) is 0 Å². The van der Waals surface area contributed by atoms with Crippen molar-refractivity contribution in [2.45, 2.75) is 20.0 Å². The maximum atomic E-state index is 11.5. The normalized spacial score (nSPS) is 10.7. The van der Waals surface area contributed by atoms with Gasteiger partial charge in [0.2, 0.25) is 0 Å². The van der Waals surface area contributed by atoms with Crippen LogP contribution < -0.4 is 5.32 Å². The van der Waals surface area contributed by atoms with Crippen LogP contribution >= 0.6 is 0 Å². The second kappa shape index (κ2) is 9.17. The van der Waals surface area contributed by atoms with E-state index in [0.717, 1.165) is 11.6 Å². The number of benzene rings is 1. The highest BCUT2D eigenvalue weighted by molar-refractivity contribution is 5.91. The fraction of sp³-hybridized carbons (Fsp3) is 0.267. The number of carbonyl (C=O) groups is 3. The standard InChI is InChI=1S/C15H17NO6/c1-2-21-13(17)9-8-12(14(18)19)16-15(20)22-10-11-6-4-3-5-7-11/h3-8H,2,9-10H2,1H3,(H,16,20)(H,18,19)/b12-8+. The molecule has 1 rings (SSSR count). The fourth-order valence-electron chi connectivity index (χ4n) is 1.47. The van der Waals surface area contributed by atoms with E-state index >= 15 is 0 Å². The molecule has 7 heteroatoms. The van der Waals surface area contributed by atoms with E-state index in [1.807, 2.05) is 6.07 Å². The quantitative estimate of drug-likeness (QED) is 0.588. The number of ether oxygens (including phenoxy) is 2. The first-order chi connectivity index (χ1) is 10.5. The highest BCUT2D eigenvalue weighted by Gasteiger charge is 2.13. The van der Waals surface area contributed by atoms with E-state index in [4.69, 9.17) is 9.84 Å². The first-order valence-electron chi connectivity index (χ1n) is 6.59. The van der Waals surface area contributed by atoms with Crippen molar-refractivity contribution < 1.29 is 29.0 Å². The van der Waals surface area contributed by atoms with Gasteiger partial charge in [0, 0.05) is 0 Å². The Morgan fingerprint density at radius 1 is 1.18 bits per heavy atom. The molecule has 2 N–H and O–H groups in total. The van der Waals surface area contributed by atoms with Gasteiger partial charge in [-0.1, -0.05) is 30.3 Å². The molecule has 0 spiro atoms. The summed E-state index contributed by atoms with van der Waals surface area (Å²) in [4.78, 5) is 33.7. The molecule has 22 heavy (non-hydrogen) atoms. The zero-order chi connectivity index (χ0) is 16.4. The number of alkyl carbamates (subject to hydrolysis) is 1. The summed E-state index contributed by atoms with van der Waals surface area (Å²) in [6.45, 7) is 1.85. The van der Waals surface area contributed by atoms with Crippen LogP contribution in [0.4, 0.5) is 4.79 Å². The molecule has 0 aliphatic heterocycles. The summed E-state index contributed by atoms with van der Waals surface area (Å²) in [6, 6.07) is 8.94. The van der Waals surface area contributed by atoms with Gasteiger partial charge in [-0.25, -0.2) is 9.59 Å². The molecule has 0 aliphatic rings.